The van der Waals surface area contributed by atoms with E-state index in [1.54, 1.807) is 30.3 Å². The lowest BCUT2D eigenvalue weighted by molar-refractivity contribution is 0.0953. The molecule has 1 aromatic heterocycles. The van der Waals surface area contributed by atoms with Crippen LogP contribution in [0.1, 0.15) is 23.7 Å². The molecule has 33 heavy (non-hydrogen) atoms. The fourth-order valence-electron chi connectivity index (χ4n) is 3.46. The zero-order valence-corrected chi connectivity index (χ0v) is 19.0. The van der Waals surface area contributed by atoms with Gasteiger partial charge in [0.2, 0.25) is 0 Å². The molecular formula is C24H23FN4O3S. The molecule has 2 N–H and O–H groups in total. The number of hydrogen-bond acceptors (Lipinski definition) is 4. The number of rotatable bonds is 7. The second-order valence-corrected chi connectivity index (χ2v) is 9.27. The minimum atomic E-state index is -3.86. The first-order valence-electron chi connectivity index (χ1n) is 10.4. The smallest absolute Gasteiger partial charge is 0.261 e. The summed E-state index contributed by atoms with van der Waals surface area (Å²) in [6.45, 7) is 2.62. The van der Waals surface area contributed by atoms with Crippen molar-refractivity contribution in [1.82, 2.24) is 14.9 Å². The Kier molecular flexibility index (Phi) is 6.15. The molecule has 0 fully saturated rings. The molecule has 0 saturated heterocycles. The Bertz CT molecular complexity index is 1410. The van der Waals surface area contributed by atoms with Crippen molar-refractivity contribution in [2.45, 2.75) is 18.2 Å². The van der Waals surface area contributed by atoms with Gasteiger partial charge in [-0.05, 0) is 61.0 Å². The summed E-state index contributed by atoms with van der Waals surface area (Å²) in [5.74, 6) is 0.0570. The van der Waals surface area contributed by atoms with Crippen LogP contribution < -0.4 is 10.0 Å². The van der Waals surface area contributed by atoms with Crippen molar-refractivity contribution >= 4 is 32.7 Å². The third-order valence-corrected chi connectivity index (χ3v) is 6.60. The Morgan fingerprint density at radius 3 is 2.39 bits per heavy atom. The maximum Gasteiger partial charge on any atom is 0.261 e. The van der Waals surface area contributed by atoms with Crippen molar-refractivity contribution in [3.05, 3.63) is 78.1 Å². The second kappa shape index (κ2) is 9.03. The van der Waals surface area contributed by atoms with Crippen molar-refractivity contribution in [3.63, 3.8) is 0 Å². The fraction of sp³-hybridized carbons (Fsp3) is 0.167. The molecule has 0 spiro atoms. The van der Waals surface area contributed by atoms with E-state index in [1.807, 2.05) is 30.7 Å². The summed E-state index contributed by atoms with van der Waals surface area (Å²) in [7, 11) is -1.99. The predicted molar refractivity (Wildman–Crippen MR) is 126 cm³/mol. The first kappa shape index (κ1) is 22.5. The highest BCUT2D eigenvalue weighted by atomic mass is 32.2. The molecule has 9 heteroatoms. The number of carbonyl (C=O) groups is 1. The number of aryl methyl sites for hydroxylation is 1. The number of amides is 1. The van der Waals surface area contributed by atoms with Crippen LogP contribution in [0.25, 0.3) is 22.4 Å². The summed E-state index contributed by atoms with van der Waals surface area (Å²) >= 11 is 0. The van der Waals surface area contributed by atoms with Gasteiger partial charge in [-0.1, -0.05) is 19.1 Å². The highest BCUT2D eigenvalue weighted by molar-refractivity contribution is 7.92. The number of hydrogen-bond donors (Lipinski definition) is 2. The summed E-state index contributed by atoms with van der Waals surface area (Å²) in [4.78, 5) is 16.7. The maximum absolute atomic E-state index is 13.1. The van der Waals surface area contributed by atoms with Gasteiger partial charge in [-0.2, -0.15) is 0 Å². The van der Waals surface area contributed by atoms with Crippen LogP contribution in [-0.4, -0.2) is 30.4 Å². The lowest BCUT2D eigenvalue weighted by Crippen LogP contribution is -2.23. The van der Waals surface area contributed by atoms with E-state index in [-0.39, 0.29) is 10.8 Å². The third-order valence-electron chi connectivity index (χ3n) is 5.20. The highest BCUT2D eigenvalue weighted by Gasteiger charge is 2.16. The molecule has 0 atom stereocenters. The average Bonchev–Trinajstić information content (AvgIpc) is 3.13. The molecule has 170 valence electrons. The van der Waals surface area contributed by atoms with E-state index in [0.717, 1.165) is 29.6 Å². The van der Waals surface area contributed by atoms with E-state index in [9.17, 15) is 17.6 Å². The number of aromatic nitrogens is 2. The zero-order chi connectivity index (χ0) is 23.6. The minimum absolute atomic E-state index is 0.0335. The number of benzene rings is 3. The Balaban J connectivity index is 1.60. The Morgan fingerprint density at radius 1 is 1.03 bits per heavy atom. The lowest BCUT2D eigenvalue weighted by atomic mass is 10.1. The van der Waals surface area contributed by atoms with Gasteiger partial charge in [0.1, 0.15) is 11.6 Å². The van der Waals surface area contributed by atoms with Crippen molar-refractivity contribution in [1.29, 1.82) is 0 Å². The molecule has 1 amide bonds. The average molecular weight is 467 g/mol. The summed E-state index contributed by atoms with van der Waals surface area (Å²) in [5, 5.41) is 2.85. The Morgan fingerprint density at radius 2 is 1.73 bits per heavy atom. The molecule has 1 heterocycles. The maximum atomic E-state index is 13.1. The van der Waals surface area contributed by atoms with Crippen LogP contribution in [0.2, 0.25) is 0 Å². The molecule has 0 unspecified atom stereocenters. The van der Waals surface area contributed by atoms with Crippen molar-refractivity contribution < 1.29 is 17.6 Å². The molecule has 0 aliphatic rings. The van der Waals surface area contributed by atoms with Crippen LogP contribution >= 0.6 is 0 Å². The Labute approximate surface area is 191 Å². The molecular weight excluding hydrogens is 443 g/mol. The number of nitrogens with zero attached hydrogens (tertiary/aromatic N) is 2. The van der Waals surface area contributed by atoms with Crippen LogP contribution in [0.15, 0.2) is 71.6 Å². The van der Waals surface area contributed by atoms with Crippen LogP contribution in [0.4, 0.5) is 10.1 Å². The van der Waals surface area contributed by atoms with Gasteiger partial charge in [0.15, 0.2) is 0 Å². The van der Waals surface area contributed by atoms with Crippen LogP contribution in [0.3, 0.4) is 0 Å². The van der Waals surface area contributed by atoms with Gasteiger partial charge in [-0.15, -0.1) is 0 Å². The van der Waals surface area contributed by atoms with E-state index in [4.69, 9.17) is 0 Å². The summed E-state index contributed by atoms with van der Waals surface area (Å²) in [6.07, 6.45) is 0.867. The number of fused-ring (bicyclic) bond motifs is 1. The van der Waals surface area contributed by atoms with Gasteiger partial charge in [-0.25, -0.2) is 17.8 Å². The largest absolute Gasteiger partial charge is 0.352 e. The molecule has 0 aliphatic carbocycles. The predicted octanol–water partition coefficient (Wildman–Crippen LogP) is 4.32. The number of halogens is 1. The molecule has 3 aromatic carbocycles. The van der Waals surface area contributed by atoms with E-state index >= 15 is 0 Å². The quantitative estimate of drug-likeness (QED) is 0.424. The number of nitrogens with one attached hydrogen (secondary N) is 2. The molecule has 0 aliphatic heterocycles. The van der Waals surface area contributed by atoms with E-state index in [0.29, 0.717) is 29.1 Å². The molecule has 4 rings (SSSR count). The first-order valence-corrected chi connectivity index (χ1v) is 11.9. The fourth-order valence-corrected chi connectivity index (χ4v) is 4.51. The number of carbonyl (C=O) groups excluding carboxylic acids is 1. The van der Waals surface area contributed by atoms with E-state index in [2.05, 4.69) is 15.0 Å². The molecule has 0 bridgehead atoms. The van der Waals surface area contributed by atoms with Crippen molar-refractivity contribution in [3.8, 4) is 11.4 Å². The minimum Gasteiger partial charge on any atom is -0.352 e. The first-order chi connectivity index (χ1) is 15.8. The number of sulfonamides is 1. The summed E-state index contributed by atoms with van der Waals surface area (Å²) < 4.78 is 42.7. The van der Waals surface area contributed by atoms with E-state index in [1.165, 1.54) is 12.1 Å². The van der Waals surface area contributed by atoms with Gasteiger partial charge < -0.3 is 9.88 Å². The number of imidazole rings is 1. The molecule has 4 aromatic rings. The Hall–Kier alpha value is -3.72. The van der Waals surface area contributed by atoms with Gasteiger partial charge in [-0.3, -0.25) is 9.52 Å². The van der Waals surface area contributed by atoms with Gasteiger partial charge in [0.25, 0.3) is 15.9 Å². The summed E-state index contributed by atoms with van der Waals surface area (Å²) in [5.41, 5.74) is 3.17. The highest BCUT2D eigenvalue weighted by Crippen LogP contribution is 2.27. The van der Waals surface area contributed by atoms with E-state index < -0.39 is 15.8 Å². The topological polar surface area (TPSA) is 93.1 Å². The van der Waals surface area contributed by atoms with Crippen LogP contribution in [-0.2, 0) is 17.1 Å². The monoisotopic (exact) mass is 466 g/mol. The second-order valence-electron chi connectivity index (χ2n) is 7.59. The lowest BCUT2D eigenvalue weighted by Gasteiger charge is -2.08. The zero-order valence-electron chi connectivity index (χ0n) is 18.2. The molecule has 7 nitrogen and oxygen atoms in total. The van der Waals surface area contributed by atoms with Crippen molar-refractivity contribution in [2.75, 3.05) is 11.3 Å². The normalized spacial score (nSPS) is 11.5. The number of anilines is 1. The van der Waals surface area contributed by atoms with Gasteiger partial charge in [0.05, 0.1) is 21.6 Å². The van der Waals surface area contributed by atoms with Crippen molar-refractivity contribution in [2.24, 2.45) is 7.05 Å². The standard InChI is InChI=1S/C24H23FN4O3S/c1-3-14-26-24(30)17-6-4-16(5-7-17)23-27-21-15-19(10-13-22(21)29(23)2)28-33(31,32)20-11-8-18(25)9-12-20/h4-13,15,28H,3,14H2,1-2H3,(H,26,30). The van der Waals surface area contributed by atoms with Crippen LogP contribution in [0.5, 0.6) is 0 Å². The molecule has 0 saturated carbocycles. The summed E-state index contributed by atoms with van der Waals surface area (Å²) in [6, 6.07) is 16.9. The SMILES string of the molecule is CCCNC(=O)c1ccc(-c2nc3cc(NS(=O)(=O)c4ccc(F)cc4)ccc3n2C)cc1. The van der Waals surface area contributed by atoms with Gasteiger partial charge in [0, 0.05) is 24.7 Å². The van der Waals surface area contributed by atoms with Crippen LogP contribution in [0, 0.1) is 5.82 Å². The molecule has 0 radical (unpaired) electrons. The van der Waals surface area contributed by atoms with Gasteiger partial charge >= 0.3 is 0 Å². The third kappa shape index (κ3) is 4.73.